The smallest absolute Gasteiger partial charge is 0.261 e. The molecule has 3 N–H and O–H groups in total. The standard InChI is InChI=1S/C16H26N4OS/c1-9(2)13-11-7-12(22-15(11)20(6)19-13)14(21)18-16(5,8-17)10(3)4/h7,9-10H,8,17H2,1-6H3,(H,18,21). The average molecular weight is 322 g/mol. The van der Waals surface area contributed by atoms with E-state index >= 15 is 0 Å². The van der Waals surface area contributed by atoms with E-state index in [9.17, 15) is 4.79 Å². The molecule has 5 nitrogen and oxygen atoms in total. The molecular weight excluding hydrogens is 296 g/mol. The summed E-state index contributed by atoms with van der Waals surface area (Å²) >= 11 is 1.48. The second-order valence-electron chi connectivity index (χ2n) is 6.72. The molecule has 0 aromatic carbocycles. The van der Waals surface area contributed by atoms with Crippen molar-refractivity contribution in [2.45, 2.75) is 46.1 Å². The highest BCUT2D eigenvalue weighted by molar-refractivity contribution is 7.20. The van der Waals surface area contributed by atoms with Gasteiger partial charge in [0.15, 0.2) is 0 Å². The number of carbonyl (C=O) groups is 1. The molecule has 0 aliphatic rings. The third-order valence-corrected chi connectivity index (χ3v) is 5.61. The lowest BCUT2D eigenvalue weighted by atomic mass is 9.88. The first-order valence-corrected chi connectivity index (χ1v) is 8.50. The van der Waals surface area contributed by atoms with Crippen LogP contribution in [0.5, 0.6) is 0 Å². The van der Waals surface area contributed by atoms with E-state index < -0.39 is 5.54 Å². The lowest BCUT2D eigenvalue weighted by Crippen LogP contribution is -2.54. The van der Waals surface area contributed by atoms with Crippen LogP contribution in [-0.4, -0.2) is 27.8 Å². The molecule has 122 valence electrons. The zero-order chi connectivity index (χ0) is 16.7. The van der Waals surface area contributed by atoms with Crippen molar-refractivity contribution in [3.05, 3.63) is 16.6 Å². The Morgan fingerprint density at radius 2 is 2.09 bits per heavy atom. The molecule has 0 fully saturated rings. The van der Waals surface area contributed by atoms with Crippen LogP contribution in [0.1, 0.15) is 55.9 Å². The number of carbonyl (C=O) groups excluding carboxylic acids is 1. The van der Waals surface area contributed by atoms with Gasteiger partial charge in [-0.05, 0) is 24.8 Å². The number of rotatable bonds is 5. The monoisotopic (exact) mass is 322 g/mol. The average Bonchev–Trinajstić information content (AvgIpc) is 2.99. The fraction of sp³-hybridized carbons (Fsp3) is 0.625. The quantitative estimate of drug-likeness (QED) is 0.889. The largest absolute Gasteiger partial charge is 0.345 e. The number of hydrogen-bond acceptors (Lipinski definition) is 4. The molecule has 0 aliphatic carbocycles. The Balaban J connectivity index is 2.35. The summed E-state index contributed by atoms with van der Waals surface area (Å²) in [5, 5.41) is 8.71. The van der Waals surface area contributed by atoms with Gasteiger partial charge in [0.1, 0.15) is 4.83 Å². The molecule has 2 heterocycles. The molecule has 0 bridgehead atoms. The van der Waals surface area contributed by atoms with Gasteiger partial charge in [-0.25, -0.2) is 0 Å². The Hall–Kier alpha value is -1.40. The number of nitrogens with zero attached hydrogens (tertiary/aromatic N) is 2. The number of aryl methyl sites for hydroxylation is 1. The highest BCUT2D eigenvalue weighted by atomic mass is 32.1. The van der Waals surface area contributed by atoms with Crippen LogP contribution >= 0.6 is 11.3 Å². The minimum Gasteiger partial charge on any atom is -0.345 e. The van der Waals surface area contributed by atoms with Gasteiger partial charge < -0.3 is 11.1 Å². The first-order chi connectivity index (χ1) is 10.2. The van der Waals surface area contributed by atoms with Gasteiger partial charge in [0.2, 0.25) is 0 Å². The Labute approximate surface area is 135 Å². The molecule has 1 atom stereocenters. The number of nitrogens with two attached hydrogens (primary N) is 1. The molecule has 0 aliphatic heterocycles. The lowest BCUT2D eigenvalue weighted by Gasteiger charge is -2.33. The van der Waals surface area contributed by atoms with Gasteiger partial charge in [-0.1, -0.05) is 27.7 Å². The van der Waals surface area contributed by atoms with Gasteiger partial charge in [-0.15, -0.1) is 11.3 Å². The minimum atomic E-state index is -0.396. The molecule has 0 saturated carbocycles. The van der Waals surface area contributed by atoms with Crippen LogP contribution in [0.2, 0.25) is 0 Å². The summed E-state index contributed by atoms with van der Waals surface area (Å²) in [5.74, 6) is 0.542. The van der Waals surface area contributed by atoms with Crippen molar-refractivity contribution < 1.29 is 4.79 Å². The molecule has 0 saturated heterocycles. The fourth-order valence-electron chi connectivity index (χ4n) is 2.36. The van der Waals surface area contributed by atoms with Crippen LogP contribution in [-0.2, 0) is 7.05 Å². The Kier molecular flexibility index (Phi) is 4.63. The number of nitrogens with one attached hydrogen (secondary N) is 1. The zero-order valence-electron chi connectivity index (χ0n) is 14.2. The highest BCUT2D eigenvalue weighted by Crippen LogP contribution is 2.31. The maximum absolute atomic E-state index is 12.6. The van der Waals surface area contributed by atoms with E-state index in [-0.39, 0.29) is 11.8 Å². The molecule has 2 aromatic rings. The first kappa shape index (κ1) is 17.0. The van der Waals surface area contributed by atoms with E-state index in [0.717, 1.165) is 15.9 Å². The summed E-state index contributed by atoms with van der Waals surface area (Å²) in [6, 6.07) is 1.95. The van der Waals surface area contributed by atoms with E-state index in [0.29, 0.717) is 17.3 Å². The number of aromatic nitrogens is 2. The molecule has 22 heavy (non-hydrogen) atoms. The van der Waals surface area contributed by atoms with Gasteiger partial charge in [0, 0.05) is 19.0 Å². The molecule has 0 spiro atoms. The molecule has 1 amide bonds. The molecule has 1 unspecified atom stereocenters. The summed E-state index contributed by atoms with van der Waals surface area (Å²) in [5.41, 5.74) is 6.50. The van der Waals surface area contributed by atoms with Crippen LogP contribution in [0.25, 0.3) is 10.2 Å². The van der Waals surface area contributed by atoms with Crippen molar-refractivity contribution in [3.63, 3.8) is 0 Å². The fourth-order valence-corrected chi connectivity index (χ4v) is 3.33. The van der Waals surface area contributed by atoms with Gasteiger partial charge in [-0.3, -0.25) is 9.48 Å². The normalized spacial score (nSPS) is 14.8. The zero-order valence-corrected chi connectivity index (χ0v) is 15.0. The number of amides is 1. The van der Waals surface area contributed by atoms with Gasteiger partial charge >= 0.3 is 0 Å². The maximum atomic E-state index is 12.6. The Morgan fingerprint density at radius 3 is 2.59 bits per heavy atom. The van der Waals surface area contributed by atoms with Crippen LogP contribution in [0.4, 0.5) is 0 Å². The van der Waals surface area contributed by atoms with Crippen molar-refractivity contribution in [1.29, 1.82) is 0 Å². The van der Waals surface area contributed by atoms with Crippen LogP contribution in [0.15, 0.2) is 6.07 Å². The SMILES string of the molecule is CC(C)c1nn(C)c2sc(C(=O)NC(C)(CN)C(C)C)cc12. The molecule has 0 radical (unpaired) electrons. The predicted octanol–water partition coefficient (Wildman–Crippen LogP) is 2.86. The number of thiophene rings is 1. The van der Waals surface area contributed by atoms with Crippen molar-refractivity contribution in [3.8, 4) is 0 Å². The lowest BCUT2D eigenvalue weighted by molar-refractivity contribution is 0.0887. The first-order valence-electron chi connectivity index (χ1n) is 7.68. The van der Waals surface area contributed by atoms with E-state index in [1.807, 2.05) is 24.7 Å². The third-order valence-electron chi connectivity index (χ3n) is 4.41. The molecule has 6 heteroatoms. The van der Waals surface area contributed by atoms with E-state index in [1.165, 1.54) is 11.3 Å². The molecule has 2 aromatic heterocycles. The Bertz CT molecular complexity index is 686. The topological polar surface area (TPSA) is 72.9 Å². The summed E-state index contributed by atoms with van der Waals surface area (Å²) in [6.07, 6.45) is 0. The van der Waals surface area contributed by atoms with Gasteiger partial charge in [0.25, 0.3) is 5.91 Å². The molecular formula is C16H26N4OS. The van der Waals surface area contributed by atoms with Crippen LogP contribution in [0, 0.1) is 5.92 Å². The highest BCUT2D eigenvalue weighted by Gasteiger charge is 2.30. The van der Waals surface area contributed by atoms with Crippen molar-refractivity contribution >= 4 is 27.5 Å². The van der Waals surface area contributed by atoms with E-state index in [2.05, 4.69) is 38.1 Å². The molecule has 2 rings (SSSR count). The van der Waals surface area contributed by atoms with Crippen LogP contribution in [0.3, 0.4) is 0 Å². The summed E-state index contributed by atoms with van der Waals surface area (Å²) in [6.45, 7) is 10.8. The van der Waals surface area contributed by atoms with Gasteiger partial charge in [0.05, 0.1) is 16.1 Å². The summed E-state index contributed by atoms with van der Waals surface area (Å²) in [4.78, 5) is 14.3. The van der Waals surface area contributed by atoms with E-state index in [1.54, 1.807) is 0 Å². The second-order valence-corrected chi connectivity index (χ2v) is 7.75. The number of hydrogen-bond donors (Lipinski definition) is 2. The maximum Gasteiger partial charge on any atom is 0.261 e. The van der Waals surface area contributed by atoms with Crippen molar-refractivity contribution in [1.82, 2.24) is 15.1 Å². The minimum absolute atomic E-state index is 0.0578. The third kappa shape index (κ3) is 2.90. The summed E-state index contributed by atoms with van der Waals surface area (Å²) in [7, 11) is 1.92. The predicted molar refractivity (Wildman–Crippen MR) is 92.4 cm³/mol. The summed E-state index contributed by atoms with van der Waals surface area (Å²) < 4.78 is 1.86. The van der Waals surface area contributed by atoms with Gasteiger partial charge in [-0.2, -0.15) is 5.10 Å². The second kappa shape index (κ2) is 6.01. The van der Waals surface area contributed by atoms with Crippen molar-refractivity contribution in [2.24, 2.45) is 18.7 Å². The number of fused-ring (bicyclic) bond motifs is 1. The Morgan fingerprint density at radius 1 is 1.45 bits per heavy atom. The van der Waals surface area contributed by atoms with Crippen LogP contribution < -0.4 is 11.1 Å². The van der Waals surface area contributed by atoms with Crippen molar-refractivity contribution in [2.75, 3.05) is 6.54 Å². The van der Waals surface area contributed by atoms with E-state index in [4.69, 9.17) is 5.73 Å².